The molecule has 2 aromatic rings. The predicted octanol–water partition coefficient (Wildman–Crippen LogP) is 3.04. The number of amides is 1. The van der Waals surface area contributed by atoms with E-state index in [1.807, 2.05) is 47.4 Å². The lowest BCUT2D eigenvalue weighted by atomic mass is 10.0. The van der Waals surface area contributed by atoms with Crippen LogP contribution in [0.1, 0.15) is 29.2 Å². The fourth-order valence-corrected chi connectivity index (χ4v) is 2.64. The van der Waals surface area contributed by atoms with Crippen LogP contribution in [0, 0.1) is 0 Å². The number of rotatable bonds is 3. The molecule has 0 aromatic heterocycles. The van der Waals surface area contributed by atoms with Gasteiger partial charge in [-0.25, -0.2) is 0 Å². The van der Waals surface area contributed by atoms with Gasteiger partial charge in [-0.3, -0.25) is 4.79 Å². The van der Waals surface area contributed by atoms with Gasteiger partial charge in [0.25, 0.3) is 0 Å². The van der Waals surface area contributed by atoms with Crippen molar-refractivity contribution >= 4 is 18.3 Å². The SMILES string of the molecule is Cl.NC(CC(=O)N1Cc2ccccc2C1)c1ccccc1. The van der Waals surface area contributed by atoms with Crippen LogP contribution in [0.5, 0.6) is 0 Å². The molecule has 1 aliphatic rings. The van der Waals surface area contributed by atoms with Crippen molar-refractivity contribution in [1.82, 2.24) is 4.90 Å². The summed E-state index contributed by atoms with van der Waals surface area (Å²) >= 11 is 0. The molecule has 2 aromatic carbocycles. The van der Waals surface area contributed by atoms with Crippen molar-refractivity contribution in [2.75, 3.05) is 0 Å². The third-order valence-corrected chi connectivity index (χ3v) is 3.82. The summed E-state index contributed by atoms with van der Waals surface area (Å²) in [5, 5.41) is 0. The van der Waals surface area contributed by atoms with Crippen LogP contribution >= 0.6 is 12.4 Å². The van der Waals surface area contributed by atoms with E-state index in [0.717, 1.165) is 5.56 Å². The molecule has 21 heavy (non-hydrogen) atoms. The minimum atomic E-state index is -0.229. The summed E-state index contributed by atoms with van der Waals surface area (Å²) in [6, 6.07) is 17.8. The number of fused-ring (bicyclic) bond motifs is 1. The maximum absolute atomic E-state index is 12.3. The lowest BCUT2D eigenvalue weighted by Crippen LogP contribution is -2.28. The summed E-state index contributed by atoms with van der Waals surface area (Å²) < 4.78 is 0. The van der Waals surface area contributed by atoms with Crippen LogP contribution in [0.4, 0.5) is 0 Å². The first-order valence-electron chi connectivity index (χ1n) is 6.89. The van der Waals surface area contributed by atoms with Gasteiger partial charge in [0.2, 0.25) is 5.91 Å². The van der Waals surface area contributed by atoms with Crippen molar-refractivity contribution in [1.29, 1.82) is 0 Å². The Morgan fingerprint density at radius 1 is 1.00 bits per heavy atom. The van der Waals surface area contributed by atoms with E-state index in [9.17, 15) is 4.79 Å². The minimum Gasteiger partial charge on any atom is -0.334 e. The molecule has 4 heteroatoms. The first kappa shape index (κ1) is 15.5. The van der Waals surface area contributed by atoms with E-state index in [4.69, 9.17) is 5.73 Å². The van der Waals surface area contributed by atoms with Gasteiger partial charge < -0.3 is 10.6 Å². The van der Waals surface area contributed by atoms with Crippen molar-refractivity contribution < 1.29 is 4.79 Å². The lowest BCUT2D eigenvalue weighted by molar-refractivity contribution is -0.132. The molecule has 0 aliphatic carbocycles. The maximum Gasteiger partial charge on any atom is 0.225 e. The fraction of sp³-hybridized carbons (Fsp3) is 0.235. The van der Waals surface area contributed by atoms with Crippen molar-refractivity contribution in [2.45, 2.75) is 25.6 Å². The molecular formula is C17H19ClN2O. The molecule has 1 aliphatic heterocycles. The highest BCUT2D eigenvalue weighted by Gasteiger charge is 2.24. The second kappa shape index (κ2) is 6.74. The zero-order valence-corrected chi connectivity index (χ0v) is 12.6. The molecule has 0 spiro atoms. The number of nitrogens with zero attached hydrogens (tertiary/aromatic N) is 1. The number of benzene rings is 2. The minimum absolute atomic E-state index is 0. The van der Waals surface area contributed by atoms with Gasteiger partial charge >= 0.3 is 0 Å². The largest absolute Gasteiger partial charge is 0.334 e. The van der Waals surface area contributed by atoms with Gasteiger partial charge in [-0.1, -0.05) is 54.6 Å². The number of carbonyl (C=O) groups excluding carboxylic acids is 1. The summed E-state index contributed by atoms with van der Waals surface area (Å²) in [4.78, 5) is 14.2. The number of halogens is 1. The molecule has 0 saturated carbocycles. The van der Waals surface area contributed by atoms with E-state index in [1.54, 1.807) is 0 Å². The van der Waals surface area contributed by atoms with E-state index in [2.05, 4.69) is 12.1 Å². The van der Waals surface area contributed by atoms with Crippen LogP contribution in [0.15, 0.2) is 54.6 Å². The number of hydrogen-bond donors (Lipinski definition) is 1. The van der Waals surface area contributed by atoms with E-state index in [-0.39, 0.29) is 24.4 Å². The average Bonchev–Trinajstić information content (AvgIpc) is 2.92. The Hall–Kier alpha value is -1.84. The smallest absolute Gasteiger partial charge is 0.225 e. The number of hydrogen-bond acceptors (Lipinski definition) is 2. The van der Waals surface area contributed by atoms with Crippen molar-refractivity contribution in [2.24, 2.45) is 5.73 Å². The van der Waals surface area contributed by atoms with Gasteiger partial charge in [-0.2, -0.15) is 0 Å². The standard InChI is InChI=1S/C17H18N2O.ClH/c18-16(13-6-2-1-3-7-13)10-17(20)19-11-14-8-4-5-9-15(14)12-19;/h1-9,16H,10-12,18H2;1H. The Balaban J connectivity index is 0.00000161. The summed E-state index contributed by atoms with van der Waals surface area (Å²) in [5.74, 6) is 0.123. The third-order valence-electron chi connectivity index (χ3n) is 3.82. The molecule has 110 valence electrons. The summed E-state index contributed by atoms with van der Waals surface area (Å²) in [5.41, 5.74) is 9.62. The van der Waals surface area contributed by atoms with Crippen molar-refractivity contribution in [3.8, 4) is 0 Å². The first-order valence-corrected chi connectivity index (χ1v) is 6.89. The summed E-state index contributed by atoms with van der Waals surface area (Å²) in [7, 11) is 0. The molecule has 2 N–H and O–H groups in total. The van der Waals surface area contributed by atoms with E-state index in [0.29, 0.717) is 19.5 Å². The van der Waals surface area contributed by atoms with Gasteiger partial charge in [-0.05, 0) is 16.7 Å². The molecule has 0 fully saturated rings. The van der Waals surface area contributed by atoms with Crippen LogP contribution in [0.2, 0.25) is 0 Å². The molecule has 0 saturated heterocycles. The zero-order valence-electron chi connectivity index (χ0n) is 11.7. The second-order valence-electron chi connectivity index (χ2n) is 5.24. The van der Waals surface area contributed by atoms with Gasteiger partial charge in [0.05, 0.1) is 0 Å². The van der Waals surface area contributed by atoms with Crippen LogP contribution in [0.3, 0.4) is 0 Å². The highest BCUT2D eigenvalue weighted by atomic mass is 35.5. The monoisotopic (exact) mass is 302 g/mol. The Bertz CT molecular complexity index is 590. The Morgan fingerprint density at radius 2 is 1.52 bits per heavy atom. The Kier molecular flexibility index (Phi) is 4.99. The second-order valence-corrected chi connectivity index (χ2v) is 5.24. The summed E-state index contributed by atoms with van der Waals surface area (Å²) in [6.07, 6.45) is 0.359. The predicted molar refractivity (Wildman–Crippen MR) is 85.9 cm³/mol. The van der Waals surface area contributed by atoms with Gasteiger partial charge in [0.15, 0.2) is 0 Å². The van der Waals surface area contributed by atoms with Crippen molar-refractivity contribution in [3.63, 3.8) is 0 Å². The molecule has 1 unspecified atom stereocenters. The highest BCUT2D eigenvalue weighted by Crippen LogP contribution is 2.24. The molecular weight excluding hydrogens is 284 g/mol. The molecule has 1 atom stereocenters. The van der Waals surface area contributed by atoms with E-state index >= 15 is 0 Å². The van der Waals surface area contributed by atoms with E-state index < -0.39 is 0 Å². The van der Waals surface area contributed by atoms with Gasteiger partial charge in [0.1, 0.15) is 0 Å². The quantitative estimate of drug-likeness (QED) is 0.947. The fourth-order valence-electron chi connectivity index (χ4n) is 2.64. The van der Waals surface area contributed by atoms with Crippen LogP contribution < -0.4 is 5.73 Å². The first-order chi connectivity index (χ1) is 9.74. The molecule has 1 amide bonds. The average molecular weight is 303 g/mol. The normalized spacial score (nSPS) is 14.2. The molecule has 1 heterocycles. The van der Waals surface area contributed by atoms with Crippen LogP contribution in [-0.2, 0) is 17.9 Å². The van der Waals surface area contributed by atoms with Crippen molar-refractivity contribution in [3.05, 3.63) is 71.3 Å². The number of carbonyl (C=O) groups is 1. The topological polar surface area (TPSA) is 46.3 Å². The van der Waals surface area contributed by atoms with Gasteiger partial charge in [-0.15, -0.1) is 12.4 Å². The zero-order chi connectivity index (χ0) is 13.9. The Labute approximate surface area is 131 Å². The highest BCUT2D eigenvalue weighted by molar-refractivity contribution is 5.85. The molecule has 0 bridgehead atoms. The lowest BCUT2D eigenvalue weighted by Gasteiger charge is -2.18. The molecule has 3 nitrogen and oxygen atoms in total. The van der Waals surface area contributed by atoms with Crippen LogP contribution in [-0.4, -0.2) is 10.8 Å². The maximum atomic E-state index is 12.3. The van der Waals surface area contributed by atoms with Gasteiger partial charge in [0, 0.05) is 25.6 Å². The molecule has 0 radical (unpaired) electrons. The van der Waals surface area contributed by atoms with Crippen LogP contribution in [0.25, 0.3) is 0 Å². The van der Waals surface area contributed by atoms with E-state index in [1.165, 1.54) is 11.1 Å². The Morgan fingerprint density at radius 3 is 2.10 bits per heavy atom. The number of nitrogens with two attached hydrogens (primary N) is 1. The summed E-state index contributed by atoms with van der Waals surface area (Å²) in [6.45, 7) is 1.41. The molecule has 3 rings (SSSR count). The third kappa shape index (κ3) is 3.43.